The van der Waals surface area contributed by atoms with Crippen molar-refractivity contribution in [1.29, 1.82) is 0 Å². The van der Waals surface area contributed by atoms with Crippen LogP contribution in [0.2, 0.25) is 0 Å². The number of aliphatic hydroxyl groups is 2. The number of methoxy groups -OCH3 is 1. The third-order valence-electron chi connectivity index (χ3n) is 5.79. The molecule has 0 spiro atoms. The molecule has 0 aliphatic carbocycles. The lowest BCUT2D eigenvalue weighted by Crippen LogP contribution is -2.38. The number of aliphatic hydroxyl groups excluding tert-OH is 1. The van der Waals surface area contributed by atoms with Crippen molar-refractivity contribution < 1.29 is 19.7 Å². The van der Waals surface area contributed by atoms with E-state index >= 15 is 0 Å². The van der Waals surface area contributed by atoms with Gasteiger partial charge in [-0.2, -0.15) is 0 Å². The quantitative estimate of drug-likeness (QED) is 0.587. The number of aromatic nitrogens is 1. The highest BCUT2D eigenvalue weighted by molar-refractivity contribution is 5.83. The van der Waals surface area contributed by atoms with Crippen molar-refractivity contribution in [2.45, 2.75) is 73.3 Å². The van der Waals surface area contributed by atoms with Crippen LogP contribution in [0.25, 0.3) is 11.1 Å². The van der Waals surface area contributed by atoms with Gasteiger partial charge in [0.1, 0.15) is 12.0 Å². The molecule has 2 heterocycles. The van der Waals surface area contributed by atoms with E-state index in [2.05, 4.69) is 42.8 Å². The van der Waals surface area contributed by atoms with Crippen LogP contribution in [0.4, 0.5) is 5.69 Å². The first kappa shape index (κ1) is 29.6. The van der Waals surface area contributed by atoms with Crippen LogP contribution in [0.15, 0.2) is 24.4 Å². The van der Waals surface area contributed by atoms with Gasteiger partial charge in [0.15, 0.2) is 0 Å². The molecule has 3 rings (SSSR count). The summed E-state index contributed by atoms with van der Waals surface area (Å²) in [6, 6.07) is 6.24. The van der Waals surface area contributed by atoms with E-state index in [4.69, 9.17) is 14.9 Å². The first-order chi connectivity index (χ1) is 15.9. The Hall–Kier alpha value is -2.44. The van der Waals surface area contributed by atoms with E-state index in [1.165, 1.54) is 5.69 Å². The fourth-order valence-corrected chi connectivity index (χ4v) is 3.92. The first-order valence-corrected chi connectivity index (χ1v) is 11.9. The maximum atomic E-state index is 11.4. The fraction of sp³-hybridized carbons (Fsp3) is 0.571. The van der Waals surface area contributed by atoms with Crippen molar-refractivity contribution in [2.24, 2.45) is 5.41 Å². The average molecular weight is 473 g/mol. The number of rotatable bonds is 5. The van der Waals surface area contributed by atoms with E-state index in [1.807, 2.05) is 19.2 Å². The Morgan fingerprint density at radius 2 is 1.71 bits per heavy atom. The maximum absolute atomic E-state index is 11.4. The molecule has 1 saturated heterocycles. The monoisotopic (exact) mass is 472 g/mol. The molecule has 0 atom stereocenters. The number of aldehydes is 1. The van der Waals surface area contributed by atoms with E-state index in [0.717, 1.165) is 73.0 Å². The van der Waals surface area contributed by atoms with Crippen LogP contribution in [0.3, 0.4) is 0 Å². The molecule has 0 bridgehead atoms. The number of ether oxygens (including phenoxy) is 1. The van der Waals surface area contributed by atoms with Crippen molar-refractivity contribution >= 4 is 12.0 Å². The van der Waals surface area contributed by atoms with Crippen molar-refractivity contribution in [2.75, 3.05) is 32.2 Å². The predicted octanol–water partition coefficient (Wildman–Crippen LogP) is 5.13. The van der Waals surface area contributed by atoms with E-state index in [9.17, 15) is 4.79 Å². The second-order valence-electron chi connectivity index (χ2n) is 10.5. The minimum absolute atomic E-state index is 0.375. The van der Waals surface area contributed by atoms with Gasteiger partial charge >= 0.3 is 0 Å². The molecule has 1 aromatic carbocycles. The molecule has 34 heavy (non-hydrogen) atoms. The number of benzene rings is 1. The van der Waals surface area contributed by atoms with E-state index in [-0.39, 0.29) is 0 Å². The number of hydrogen-bond donors (Lipinski definition) is 2. The number of carbonyl (C=O) groups is 1. The van der Waals surface area contributed by atoms with Crippen molar-refractivity contribution in [3.63, 3.8) is 0 Å². The topological polar surface area (TPSA) is 82.9 Å². The van der Waals surface area contributed by atoms with E-state index in [0.29, 0.717) is 11.8 Å². The summed E-state index contributed by atoms with van der Waals surface area (Å²) in [4.78, 5) is 18.5. The van der Waals surface area contributed by atoms with Crippen LogP contribution in [0.5, 0.6) is 5.75 Å². The van der Waals surface area contributed by atoms with Crippen LogP contribution in [0.1, 0.15) is 64.3 Å². The maximum Gasteiger partial charge on any atom is 0.124 e. The summed E-state index contributed by atoms with van der Waals surface area (Å²) >= 11 is 0. The minimum Gasteiger partial charge on any atom is -0.496 e. The van der Waals surface area contributed by atoms with Crippen molar-refractivity contribution in [3.05, 3.63) is 41.2 Å². The largest absolute Gasteiger partial charge is 0.496 e. The van der Waals surface area contributed by atoms with Gasteiger partial charge in [-0.1, -0.05) is 19.9 Å². The smallest absolute Gasteiger partial charge is 0.124 e. The molecule has 1 fully saturated rings. The van der Waals surface area contributed by atoms with E-state index in [1.54, 1.807) is 27.9 Å². The summed E-state index contributed by atoms with van der Waals surface area (Å²) in [6.45, 7) is 16.0. The SMILES string of the molecule is CC(C)(C)O.CO.COc1ccc(-c2cnc(C)c(CC=O)c2N2CCC(C)(C)CC2)cc1C. The number of hydrogen-bond acceptors (Lipinski definition) is 6. The molecule has 2 aromatic rings. The molecule has 0 radical (unpaired) electrons. The lowest BCUT2D eigenvalue weighted by Gasteiger charge is -2.40. The Balaban J connectivity index is 0.000000733. The summed E-state index contributed by atoms with van der Waals surface area (Å²) in [6.07, 6.45) is 5.65. The van der Waals surface area contributed by atoms with Gasteiger partial charge in [-0.3, -0.25) is 4.98 Å². The van der Waals surface area contributed by atoms with Crippen LogP contribution >= 0.6 is 0 Å². The van der Waals surface area contributed by atoms with Crippen LogP contribution in [-0.4, -0.2) is 54.4 Å². The Morgan fingerprint density at radius 3 is 2.18 bits per heavy atom. The highest BCUT2D eigenvalue weighted by Gasteiger charge is 2.28. The Morgan fingerprint density at radius 1 is 1.15 bits per heavy atom. The van der Waals surface area contributed by atoms with E-state index < -0.39 is 5.60 Å². The number of anilines is 1. The average Bonchev–Trinajstić information content (AvgIpc) is 2.76. The highest BCUT2D eigenvalue weighted by Crippen LogP contribution is 2.40. The van der Waals surface area contributed by atoms with Gasteiger partial charge in [-0.05, 0) is 76.1 Å². The third kappa shape index (κ3) is 8.73. The zero-order chi connectivity index (χ0) is 26.1. The fourth-order valence-electron chi connectivity index (χ4n) is 3.92. The van der Waals surface area contributed by atoms with Crippen molar-refractivity contribution in [3.8, 4) is 16.9 Å². The lowest BCUT2D eigenvalue weighted by atomic mass is 9.82. The molecule has 190 valence electrons. The molecule has 0 unspecified atom stereocenters. The van der Waals surface area contributed by atoms with Crippen LogP contribution in [-0.2, 0) is 11.2 Å². The minimum atomic E-state index is -0.500. The van der Waals surface area contributed by atoms with Gasteiger partial charge < -0.3 is 24.6 Å². The Labute approximate surface area is 206 Å². The number of carbonyl (C=O) groups excluding carboxylic acids is 1. The summed E-state index contributed by atoms with van der Waals surface area (Å²) < 4.78 is 5.41. The molecule has 2 N–H and O–H groups in total. The Bertz CT molecular complexity index is 917. The van der Waals surface area contributed by atoms with Gasteiger partial charge in [0, 0.05) is 49.6 Å². The summed E-state index contributed by atoms with van der Waals surface area (Å²) in [5.41, 5.74) is 6.36. The zero-order valence-corrected chi connectivity index (χ0v) is 22.5. The molecule has 0 saturated carbocycles. The third-order valence-corrected chi connectivity index (χ3v) is 5.79. The molecule has 6 nitrogen and oxygen atoms in total. The number of piperidine rings is 1. The molecular weight excluding hydrogens is 428 g/mol. The Kier molecular flexibility index (Phi) is 11.2. The summed E-state index contributed by atoms with van der Waals surface area (Å²) in [5.74, 6) is 0.883. The first-order valence-electron chi connectivity index (χ1n) is 11.9. The van der Waals surface area contributed by atoms with Crippen molar-refractivity contribution in [1.82, 2.24) is 4.98 Å². The molecule has 1 aliphatic rings. The van der Waals surface area contributed by atoms with Crippen LogP contribution < -0.4 is 9.64 Å². The van der Waals surface area contributed by atoms with Gasteiger partial charge in [-0.25, -0.2) is 0 Å². The van der Waals surface area contributed by atoms with Gasteiger partial charge in [0.05, 0.1) is 18.4 Å². The second-order valence-corrected chi connectivity index (χ2v) is 10.5. The second kappa shape index (κ2) is 12.9. The van der Waals surface area contributed by atoms with Gasteiger partial charge in [-0.15, -0.1) is 0 Å². The molecule has 1 aromatic heterocycles. The van der Waals surface area contributed by atoms with Crippen LogP contribution in [0, 0.1) is 19.3 Å². The number of nitrogens with zero attached hydrogens (tertiary/aromatic N) is 2. The highest BCUT2D eigenvalue weighted by atomic mass is 16.5. The molecule has 0 amide bonds. The summed E-state index contributed by atoms with van der Waals surface area (Å²) in [7, 11) is 2.69. The van der Waals surface area contributed by atoms with Gasteiger partial charge in [0.2, 0.25) is 0 Å². The lowest BCUT2D eigenvalue weighted by molar-refractivity contribution is -0.107. The zero-order valence-electron chi connectivity index (χ0n) is 22.5. The normalized spacial score (nSPS) is 14.9. The molecule has 1 aliphatic heterocycles. The standard InChI is InChI=1S/C23H30N2O2.C4H10O.CH4O/c1-16-14-18(6-7-21(16)27-5)20-15-24-17(2)19(8-13-26)22(20)25-11-9-23(3,4)10-12-25;1-4(2,3)5;1-2/h6-7,13-15H,8-12H2,1-5H3;5H,1-3H3;2H,1H3. The predicted molar refractivity (Wildman–Crippen MR) is 141 cm³/mol. The molecular formula is C28H44N2O4. The number of aryl methyl sites for hydroxylation is 2. The van der Waals surface area contributed by atoms with Gasteiger partial charge in [0.25, 0.3) is 0 Å². The summed E-state index contributed by atoms with van der Waals surface area (Å²) in [5, 5.41) is 15.5. The molecule has 6 heteroatoms. The number of pyridine rings is 1.